The number of hydrogen-bond acceptors (Lipinski definition) is 3. The van der Waals surface area contributed by atoms with Gasteiger partial charge >= 0.3 is 0 Å². The number of hydrogen-bond donors (Lipinski definition) is 2. The van der Waals surface area contributed by atoms with Crippen molar-refractivity contribution in [3.05, 3.63) is 52.5 Å². The monoisotopic (exact) mass is 316 g/mol. The Balaban J connectivity index is 2.40. The zero-order valence-electron chi connectivity index (χ0n) is 9.60. The molecule has 0 bridgehead atoms. The molecule has 2 aromatic carbocycles. The van der Waals surface area contributed by atoms with Crippen LogP contribution < -0.4 is 10.5 Å². The van der Waals surface area contributed by atoms with Gasteiger partial charge in [-0.2, -0.15) is 0 Å². The molecule has 2 aromatic rings. The van der Waals surface area contributed by atoms with Gasteiger partial charge in [0, 0.05) is 10.0 Å². The summed E-state index contributed by atoms with van der Waals surface area (Å²) in [4.78, 5) is -0.0695. The lowest BCUT2D eigenvalue weighted by atomic mass is 10.3. The maximum atomic E-state index is 12.2. The Morgan fingerprint density at radius 2 is 1.68 bits per heavy atom. The largest absolute Gasteiger partial charge is 0.398 e. The Labute approximate surface area is 121 Å². The molecule has 0 saturated heterocycles. The number of sulfonamides is 1. The fraction of sp³-hybridized carbons (Fsp3) is 0. The van der Waals surface area contributed by atoms with E-state index in [0.29, 0.717) is 15.7 Å². The summed E-state index contributed by atoms with van der Waals surface area (Å²) in [5.74, 6) is 0. The summed E-state index contributed by atoms with van der Waals surface area (Å²) < 4.78 is 26.8. The normalized spacial score (nSPS) is 11.3. The fourth-order valence-corrected chi connectivity index (χ4v) is 3.14. The van der Waals surface area contributed by atoms with Crippen LogP contribution in [-0.2, 0) is 10.0 Å². The summed E-state index contributed by atoms with van der Waals surface area (Å²) in [6.45, 7) is 0. The molecular weight excluding hydrogens is 307 g/mol. The van der Waals surface area contributed by atoms with Crippen LogP contribution in [0.1, 0.15) is 0 Å². The van der Waals surface area contributed by atoms with E-state index in [1.165, 1.54) is 24.3 Å². The predicted molar refractivity (Wildman–Crippen MR) is 78.1 cm³/mol. The van der Waals surface area contributed by atoms with Crippen molar-refractivity contribution in [1.82, 2.24) is 0 Å². The summed E-state index contributed by atoms with van der Waals surface area (Å²) in [6.07, 6.45) is 0. The van der Waals surface area contributed by atoms with E-state index >= 15 is 0 Å². The fourth-order valence-electron chi connectivity index (χ4n) is 1.50. The highest BCUT2D eigenvalue weighted by Crippen LogP contribution is 2.25. The molecule has 4 nitrogen and oxygen atoms in total. The smallest absolute Gasteiger partial charge is 0.263 e. The Morgan fingerprint density at radius 1 is 1.00 bits per heavy atom. The molecule has 0 heterocycles. The summed E-state index contributed by atoms with van der Waals surface area (Å²) in [5.41, 5.74) is 6.13. The van der Waals surface area contributed by atoms with Crippen LogP contribution in [0.25, 0.3) is 0 Å². The predicted octanol–water partition coefficient (Wildman–Crippen LogP) is 3.38. The van der Waals surface area contributed by atoms with Crippen molar-refractivity contribution in [3.8, 4) is 0 Å². The first kappa shape index (κ1) is 14.0. The third-order valence-corrected chi connectivity index (χ3v) is 4.25. The number of anilines is 2. The highest BCUT2D eigenvalue weighted by atomic mass is 35.5. The van der Waals surface area contributed by atoms with Crippen LogP contribution >= 0.6 is 23.2 Å². The van der Waals surface area contributed by atoms with Gasteiger partial charge in [0.2, 0.25) is 0 Å². The van der Waals surface area contributed by atoms with Gasteiger partial charge in [0.15, 0.2) is 0 Å². The van der Waals surface area contributed by atoms with Crippen LogP contribution in [0.4, 0.5) is 11.4 Å². The molecule has 0 aliphatic heterocycles. The lowest BCUT2D eigenvalue weighted by Crippen LogP contribution is -2.14. The van der Waals surface area contributed by atoms with E-state index in [1.807, 2.05) is 0 Å². The lowest BCUT2D eigenvalue weighted by molar-refractivity contribution is 0.601. The van der Waals surface area contributed by atoms with Crippen LogP contribution in [0.5, 0.6) is 0 Å². The molecular formula is C12H10Cl2N2O2S. The first-order chi connectivity index (χ1) is 8.88. The van der Waals surface area contributed by atoms with Gasteiger partial charge in [-0.1, -0.05) is 29.3 Å². The Morgan fingerprint density at radius 3 is 2.37 bits per heavy atom. The third-order valence-electron chi connectivity index (χ3n) is 2.34. The van der Waals surface area contributed by atoms with E-state index < -0.39 is 10.0 Å². The number of benzene rings is 2. The van der Waals surface area contributed by atoms with Gasteiger partial charge in [0.05, 0.1) is 11.4 Å². The van der Waals surface area contributed by atoms with Gasteiger partial charge in [0.25, 0.3) is 10.0 Å². The van der Waals surface area contributed by atoms with Crippen LogP contribution in [-0.4, -0.2) is 8.42 Å². The Kier molecular flexibility index (Phi) is 3.89. The van der Waals surface area contributed by atoms with Crippen molar-refractivity contribution in [1.29, 1.82) is 0 Å². The van der Waals surface area contributed by atoms with Crippen molar-refractivity contribution in [2.24, 2.45) is 0 Å². The number of rotatable bonds is 3. The number of nitrogen functional groups attached to an aromatic ring is 1. The number of nitrogens with one attached hydrogen (secondary N) is 1. The second-order valence-corrected chi connectivity index (χ2v) is 6.32. The number of nitrogens with two attached hydrogens (primary N) is 1. The van der Waals surface area contributed by atoms with Gasteiger partial charge in [0.1, 0.15) is 4.90 Å². The van der Waals surface area contributed by atoms with Crippen LogP contribution in [0.15, 0.2) is 47.4 Å². The maximum absolute atomic E-state index is 12.2. The van der Waals surface area contributed by atoms with Crippen LogP contribution in [0.3, 0.4) is 0 Å². The van der Waals surface area contributed by atoms with Crippen LogP contribution in [0, 0.1) is 0 Å². The molecule has 0 amide bonds. The molecule has 0 radical (unpaired) electrons. The molecule has 0 saturated carbocycles. The van der Waals surface area contributed by atoms with Crippen molar-refractivity contribution in [2.45, 2.75) is 4.90 Å². The van der Waals surface area contributed by atoms with Gasteiger partial charge in [-0.05, 0) is 36.4 Å². The van der Waals surface area contributed by atoms with Crippen molar-refractivity contribution >= 4 is 44.6 Å². The molecule has 0 fully saturated rings. The molecule has 0 aliphatic rings. The molecule has 19 heavy (non-hydrogen) atoms. The first-order valence-corrected chi connectivity index (χ1v) is 7.46. The average Bonchev–Trinajstić information content (AvgIpc) is 2.31. The van der Waals surface area contributed by atoms with Crippen molar-refractivity contribution in [3.63, 3.8) is 0 Å². The highest BCUT2D eigenvalue weighted by Gasteiger charge is 2.18. The molecule has 0 spiro atoms. The maximum Gasteiger partial charge on any atom is 0.263 e. The summed E-state index contributed by atoms with van der Waals surface area (Å²) in [5, 5.41) is 0.722. The van der Waals surface area contributed by atoms with E-state index in [1.54, 1.807) is 18.2 Å². The van der Waals surface area contributed by atoms with Crippen molar-refractivity contribution in [2.75, 3.05) is 10.5 Å². The third kappa shape index (κ3) is 3.32. The topological polar surface area (TPSA) is 72.2 Å². The zero-order chi connectivity index (χ0) is 14.0. The summed E-state index contributed by atoms with van der Waals surface area (Å²) in [6, 6.07) is 10.6. The minimum atomic E-state index is -3.80. The van der Waals surface area contributed by atoms with Gasteiger partial charge in [-0.25, -0.2) is 8.42 Å². The Bertz CT molecular complexity index is 717. The molecule has 100 valence electrons. The second kappa shape index (κ2) is 5.28. The molecule has 7 heteroatoms. The first-order valence-electron chi connectivity index (χ1n) is 5.22. The highest BCUT2D eigenvalue weighted by molar-refractivity contribution is 7.92. The second-order valence-electron chi connectivity index (χ2n) is 3.80. The Hall–Kier alpha value is -1.43. The minimum Gasteiger partial charge on any atom is -0.398 e. The van der Waals surface area contributed by atoms with E-state index in [-0.39, 0.29) is 10.6 Å². The standard InChI is InChI=1S/C12H10Cl2N2O2S/c13-8-2-1-3-10(6-8)16-19(17,18)12-7-9(14)4-5-11(12)15/h1-7,16H,15H2. The molecule has 0 unspecified atom stereocenters. The average molecular weight is 317 g/mol. The number of halogens is 2. The summed E-state index contributed by atoms with van der Waals surface area (Å²) in [7, 11) is -3.80. The quantitative estimate of drug-likeness (QED) is 0.853. The van der Waals surface area contributed by atoms with E-state index in [9.17, 15) is 8.42 Å². The van der Waals surface area contributed by atoms with Gasteiger partial charge in [-0.3, -0.25) is 4.72 Å². The van der Waals surface area contributed by atoms with E-state index in [4.69, 9.17) is 28.9 Å². The van der Waals surface area contributed by atoms with E-state index in [0.717, 1.165) is 0 Å². The van der Waals surface area contributed by atoms with Gasteiger partial charge in [-0.15, -0.1) is 0 Å². The molecule has 0 atom stereocenters. The van der Waals surface area contributed by atoms with Crippen LogP contribution in [0.2, 0.25) is 10.0 Å². The van der Waals surface area contributed by atoms with Crippen molar-refractivity contribution < 1.29 is 8.42 Å². The summed E-state index contributed by atoms with van der Waals surface area (Å²) >= 11 is 11.6. The van der Waals surface area contributed by atoms with E-state index in [2.05, 4.69) is 4.72 Å². The lowest BCUT2D eigenvalue weighted by Gasteiger charge is -2.10. The molecule has 0 aliphatic carbocycles. The molecule has 2 rings (SSSR count). The van der Waals surface area contributed by atoms with Gasteiger partial charge < -0.3 is 5.73 Å². The minimum absolute atomic E-state index is 0.0695. The zero-order valence-corrected chi connectivity index (χ0v) is 11.9. The molecule has 3 N–H and O–H groups in total. The SMILES string of the molecule is Nc1ccc(Cl)cc1S(=O)(=O)Nc1cccc(Cl)c1. The molecule has 0 aromatic heterocycles.